The van der Waals surface area contributed by atoms with Crippen molar-refractivity contribution < 1.29 is 4.74 Å². The predicted molar refractivity (Wildman–Crippen MR) is 80.2 cm³/mol. The summed E-state index contributed by atoms with van der Waals surface area (Å²) >= 11 is 0. The van der Waals surface area contributed by atoms with Crippen molar-refractivity contribution in [1.29, 1.82) is 0 Å². The summed E-state index contributed by atoms with van der Waals surface area (Å²) in [5, 5.41) is 3.00. The van der Waals surface area contributed by atoms with Gasteiger partial charge in [-0.15, -0.1) is 0 Å². The number of nitrogens with one attached hydrogen (secondary N) is 2. The van der Waals surface area contributed by atoms with E-state index in [1.807, 2.05) is 13.8 Å². The van der Waals surface area contributed by atoms with Crippen LogP contribution in [0.1, 0.15) is 26.7 Å². The lowest BCUT2D eigenvalue weighted by molar-refractivity contribution is 0.164. The van der Waals surface area contributed by atoms with Crippen LogP contribution < -0.4 is 22.3 Å². The van der Waals surface area contributed by atoms with Gasteiger partial charge >= 0.3 is 5.69 Å². The first-order chi connectivity index (χ1) is 9.51. The van der Waals surface area contributed by atoms with Crippen molar-refractivity contribution in [2.24, 2.45) is 5.92 Å². The van der Waals surface area contributed by atoms with E-state index in [-0.39, 0.29) is 17.4 Å². The Bertz CT molecular complexity index is 535. The Kier molecular flexibility index (Phi) is 6.30. The van der Waals surface area contributed by atoms with E-state index in [0.29, 0.717) is 19.7 Å². The van der Waals surface area contributed by atoms with E-state index >= 15 is 0 Å². The SMILES string of the molecule is CCCCn1c(N)c(NCC(C)COC)c(=O)[nH]c1=O. The minimum atomic E-state index is -0.482. The molecule has 0 aliphatic heterocycles. The molecule has 0 aromatic carbocycles. The summed E-state index contributed by atoms with van der Waals surface area (Å²) in [7, 11) is 1.63. The molecule has 114 valence electrons. The maximum Gasteiger partial charge on any atom is 0.330 e. The number of methoxy groups -OCH3 is 1. The van der Waals surface area contributed by atoms with Crippen LogP contribution in [0.5, 0.6) is 0 Å². The van der Waals surface area contributed by atoms with Gasteiger partial charge in [-0.2, -0.15) is 0 Å². The molecule has 1 unspecified atom stereocenters. The molecule has 1 aromatic heterocycles. The van der Waals surface area contributed by atoms with Gasteiger partial charge in [0.25, 0.3) is 5.56 Å². The molecular weight excluding hydrogens is 260 g/mol. The molecule has 7 heteroatoms. The van der Waals surface area contributed by atoms with Crippen LogP contribution in [0.3, 0.4) is 0 Å². The van der Waals surface area contributed by atoms with Gasteiger partial charge in [-0.05, 0) is 12.3 Å². The lowest BCUT2D eigenvalue weighted by Gasteiger charge is -2.16. The summed E-state index contributed by atoms with van der Waals surface area (Å²) in [6.45, 7) is 5.65. The third kappa shape index (κ3) is 4.12. The van der Waals surface area contributed by atoms with E-state index in [0.717, 1.165) is 12.8 Å². The minimum absolute atomic E-state index is 0.191. The molecule has 0 saturated carbocycles. The van der Waals surface area contributed by atoms with Crippen molar-refractivity contribution in [2.45, 2.75) is 33.2 Å². The van der Waals surface area contributed by atoms with Crippen molar-refractivity contribution >= 4 is 11.5 Å². The van der Waals surface area contributed by atoms with Crippen LogP contribution in [-0.2, 0) is 11.3 Å². The molecule has 4 N–H and O–H groups in total. The topological polar surface area (TPSA) is 102 Å². The maximum atomic E-state index is 11.8. The zero-order valence-corrected chi connectivity index (χ0v) is 12.4. The lowest BCUT2D eigenvalue weighted by Crippen LogP contribution is -2.35. The number of hydrogen-bond acceptors (Lipinski definition) is 5. The van der Waals surface area contributed by atoms with E-state index in [4.69, 9.17) is 10.5 Å². The van der Waals surface area contributed by atoms with E-state index in [1.54, 1.807) is 7.11 Å². The number of rotatable bonds is 8. The van der Waals surface area contributed by atoms with Gasteiger partial charge in [0.1, 0.15) is 11.5 Å². The highest BCUT2D eigenvalue weighted by molar-refractivity contribution is 5.60. The molecule has 1 heterocycles. The minimum Gasteiger partial charge on any atom is -0.384 e. The monoisotopic (exact) mass is 284 g/mol. The molecule has 0 aliphatic carbocycles. The third-order valence-electron chi connectivity index (χ3n) is 3.05. The Morgan fingerprint density at radius 2 is 2.15 bits per heavy atom. The smallest absolute Gasteiger partial charge is 0.330 e. The van der Waals surface area contributed by atoms with Gasteiger partial charge in [0.05, 0.1) is 6.61 Å². The van der Waals surface area contributed by atoms with E-state index in [1.165, 1.54) is 4.57 Å². The highest BCUT2D eigenvalue weighted by atomic mass is 16.5. The zero-order chi connectivity index (χ0) is 15.1. The Hall–Kier alpha value is -1.76. The fraction of sp³-hybridized carbons (Fsp3) is 0.692. The van der Waals surface area contributed by atoms with Crippen molar-refractivity contribution in [3.05, 3.63) is 20.8 Å². The quantitative estimate of drug-likeness (QED) is 0.649. The predicted octanol–water partition coefficient (Wildman–Crippen LogP) is 0.613. The molecule has 0 amide bonds. The van der Waals surface area contributed by atoms with Crippen LogP contribution in [0.2, 0.25) is 0 Å². The van der Waals surface area contributed by atoms with Crippen LogP contribution in [-0.4, -0.2) is 29.8 Å². The maximum absolute atomic E-state index is 11.8. The van der Waals surface area contributed by atoms with E-state index < -0.39 is 11.2 Å². The normalized spacial score (nSPS) is 12.3. The summed E-state index contributed by atoms with van der Waals surface area (Å²) in [5.74, 6) is 0.423. The van der Waals surface area contributed by atoms with Gasteiger partial charge in [0.2, 0.25) is 0 Å². The Morgan fingerprint density at radius 3 is 2.75 bits per heavy atom. The number of H-pyrrole nitrogens is 1. The van der Waals surface area contributed by atoms with Crippen molar-refractivity contribution in [3.8, 4) is 0 Å². The van der Waals surface area contributed by atoms with Gasteiger partial charge < -0.3 is 15.8 Å². The molecule has 0 radical (unpaired) electrons. The first-order valence-corrected chi connectivity index (χ1v) is 6.86. The van der Waals surface area contributed by atoms with Gasteiger partial charge in [-0.3, -0.25) is 14.3 Å². The molecule has 0 aliphatic rings. The molecule has 0 fully saturated rings. The number of unbranched alkanes of at least 4 members (excludes halogenated alkanes) is 1. The van der Waals surface area contributed by atoms with Crippen LogP contribution in [0, 0.1) is 5.92 Å². The standard InChI is InChI=1S/C13H24N4O3/c1-4-5-6-17-11(14)10(12(18)16-13(17)19)15-7-9(2)8-20-3/h9,15H,4-8,14H2,1-3H3,(H,16,18,19). The molecule has 0 spiro atoms. The average molecular weight is 284 g/mol. The van der Waals surface area contributed by atoms with Crippen molar-refractivity contribution in [3.63, 3.8) is 0 Å². The molecule has 0 bridgehead atoms. The highest BCUT2D eigenvalue weighted by Crippen LogP contribution is 2.11. The van der Waals surface area contributed by atoms with Crippen molar-refractivity contribution in [2.75, 3.05) is 31.3 Å². The summed E-state index contributed by atoms with van der Waals surface area (Å²) in [5.41, 5.74) is 5.25. The first kappa shape index (κ1) is 16.3. The number of ether oxygens (including phenoxy) is 1. The molecule has 20 heavy (non-hydrogen) atoms. The summed E-state index contributed by atoms with van der Waals surface area (Å²) in [6.07, 6.45) is 1.77. The van der Waals surface area contributed by atoms with Crippen LogP contribution in [0.25, 0.3) is 0 Å². The Labute approximate surface area is 118 Å². The van der Waals surface area contributed by atoms with Crippen LogP contribution >= 0.6 is 0 Å². The molecule has 1 rings (SSSR count). The van der Waals surface area contributed by atoms with Crippen LogP contribution in [0.4, 0.5) is 11.5 Å². The van der Waals surface area contributed by atoms with Gasteiger partial charge in [0, 0.05) is 20.2 Å². The summed E-state index contributed by atoms with van der Waals surface area (Å²) in [4.78, 5) is 25.8. The van der Waals surface area contributed by atoms with E-state index in [2.05, 4.69) is 10.3 Å². The van der Waals surface area contributed by atoms with Gasteiger partial charge in [-0.1, -0.05) is 20.3 Å². The van der Waals surface area contributed by atoms with Crippen molar-refractivity contribution in [1.82, 2.24) is 9.55 Å². The number of aromatic nitrogens is 2. The number of hydrogen-bond donors (Lipinski definition) is 3. The second-order valence-electron chi connectivity index (χ2n) is 4.97. The average Bonchev–Trinajstić information content (AvgIpc) is 2.38. The molecular formula is C13H24N4O3. The number of anilines is 2. The second kappa shape index (κ2) is 7.74. The van der Waals surface area contributed by atoms with E-state index in [9.17, 15) is 9.59 Å². The first-order valence-electron chi connectivity index (χ1n) is 6.86. The van der Waals surface area contributed by atoms with Crippen LogP contribution in [0.15, 0.2) is 9.59 Å². The fourth-order valence-electron chi connectivity index (χ4n) is 1.92. The largest absolute Gasteiger partial charge is 0.384 e. The Morgan fingerprint density at radius 1 is 1.45 bits per heavy atom. The highest BCUT2D eigenvalue weighted by Gasteiger charge is 2.12. The Balaban J connectivity index is 2.95. The number of nitrogens with two attached hydrogens (primary N) is 1. The van der Waals surface area contributed by atoms with Gasteiger partial charge in [0.15, 0.2) is 0 Å². The lowest BCUT2D eigenvalue weighted by atomic mass is 10.2. The number of aromatic amines is 1. The fourth-order valence-corrected chi connectivity index (χ4v) is 1.92. The molecule has 1 atom stereocenters. The summed E-state index contributed by atoms with van der Waals surface area (Å²) in [6, 6.07) is 0. The summed E-state index contributed by atoms with van der Waals surface area (Å²) < 4.78 is 6.43. The zero-order valence-electron chi connectivity index (χ0n) is 12.4. The number of nitrogens with zero attached hydrogens (tertiary/aromatic N) is 1. The third-order valence-corrected chi connectivity index (χ3v) is 3.05. The second-order valence-corrected chi connectivity index (χ2v) is 4.97. The van der Waals surface area contributed by atoms with Gasteiger partial charge in [-0.25, -0.2) is 4.79 Å². The molecule has 0 saturated heterocycles. The molecule has 7 nitrogen and oxygen atoms in total. The number of nitrogen functional groups attached to an aromatic ring is 1. The molecule has 1 aromatic rings.